The lowest BCUT2D eigenvalue weighted by molar-refractivity contribution is 0.0766. The van der Waals surface area contributed by atoms with Gasteiger partial charge in [0.2, 0.25) is 0 Å². The molecule has 1 fully saturated rings. The molecule has 4 heteroatoms. The lowest BCUT2D eigenvalue weighted by atomic mass is 10.1. The van der Waals surface area contributed by atoms with Crippen molar-refractivity contribution in [3.8, 4) is 0 Å². The van der Waals surface area contributed by atoms with E-state index in [4.69, 9.17) is 11.6 Å². The lowest BCUT2D eigenvalue weighted by Gasteiger charge is -2.20. The molecule has 0 bridgehead atoms. The van der Waals surface area contributed by atoms with E-state index in [0.717, 1.165) is 38.2 Å². The van der Waals surface area contributed by atoms with Crippen LogP contribution in [-0.2, 0) is 0 Å². The van der Waals surface area contributed by atoms with E-state index in [1.807, 2.05) is 30.0 Å². The number of aryl methyl sites for hydroxylation is 1. The van der Waals surface area contributed by atoms with Crippen molar-refractivity contribution in [2.24, 2.45) is 0 Å². The van der Waals surface area contributed by atoms with Crippen LogP contribution in [0.5, 0.6) is 0 Å². The van der Waals surface area contributed by atoms with Gasteiger partial charge >= 0.3 is 0 Å². The van der Waals surface area contributed by atoms with E-state index in [0.29, 0.717) is 10.6 Å². The molecule has 1 saturated heterocycles. The Morgan fingerprint density at radius 3 is 2.94 bits per heavy atom. The Balaban J connectivity index is 2.17. The first-order chi connectivity index (χ1) is 8.18. The van der Waals surface area contributed by atoms with Gasteiger partial charge in [0.1, 0.15) is 0 Å². The van der Waals surface area contributed by atoms with Crippen molar-refractivity contribution in [3.05, 3.63) is 34.3 Å². The van der Waals surface area contributed by atoms with E-state index in [1.54, 1.807) is 0 Å². The van der Waals surface area contributed by atoms with Gasteiger partial charge in [-0.25, -0.2) is 0 Å². The molecule has 0 saturated carbocycles. The summed E-state index contributed by atoms with van der Waals surface area (Å²) >= 11 is 6.12. The molecule has 0 spiro atoms. The first-order valence-electron chi connectivity index (χ1n) is 5.94. The SMILES string of the molecule is Cc1ccc(C(=O)N2CCCNCC2)c(Cl)c1. The number of amides is 1. The second-order valence-corrected chi connectivity index (χ2v) is 4.79. The number of benzene rings is 1. The summed E-state index contributed by atoms with van der Waals surface area (Å²) in [5.41, 5.74) is 1.68. The number of hydrogen-bond donors (Lipinski definition) is 1. The standard InChI is InChI=1S/C13H17ClN2O/c1-10-3-4-11(12(14)9-10)13(17)16-7-2-5-15-6-8-16/h3-4,9,15H,2,5-8H2,1H3. The second kappa shape index (κ2) is 5.52. The molecule has 3 nitrogen and oxygen atoms in total. The van der Waals surface area contributed by atoms with Crippen molar-refractivity contribution in [3.63, 3.8) is 0 Å². The van der Waals surface area contributed by atoms with Crippen molar-refractivity contribution >= 4 is 17.5 Å². The third kappa shape index (κ3) is 2.99. The summed E-state index contributed by atoms with van der Waals surface area (Å²) in [6.45, 7) is 5.36. The molecule has 0 unspecified atom stereocenters. The van der Waals surface area contributed by atoms with Crippen molar-refractivity contribution in [1.29, 1.82) is 0 Å². The number of hydrogen-bond acceptors (Lipinski definition) is 2. The number of carbonyl (C=O) groups excluding carboxylic acids is 1. The molecule has 1 amide bonds. The summed E-state index contributed by atoms with van der Waals surface area (Å²) in [4.78, 5) is 14.2. The third-order valence-corrected chi connectivity index (χ3v) is 3.30. The molecule has 0 aromatic heterocycles. The monoisotopic (exact) mass is 252 g/mol. The van der Waals surface area contributed by atoms with E-state index in [9.17, 15) is 4.79 Å². The molecule has 1 heterocycles. The van der Waals surface area contributed by atoms with Crippen LogP contribution in [0.15, 0.2) is 18.2 Å². The minimum absolute atomic E-state index is 0.0405. The fraction of sp³-hybridized carbons (Fsp3) is 0.462. The zero-order valence-electron chi connectivity index (χ0n) is 10.0. The molecular formula is C13H17ClN2O. The number of nitrogens with zero attached hydrogens (tertiary/aromatic N) is 1. The zero-order chi connectivity index (χ0) is 12.3. The van der Waals surface area contributed by atoms with Gasteiger partial charge in [0.25, 0.3) is 5.91 Å². The molecule has 1 aliphatic rings. The smallest absolute Gasteiger partial charge is 0.255 e. The molecule has 0 radical (unpaired) electrons. The van der Waals surface area contributed by atoms with Crippen LogP contribution in [0.25, 0.3) is 0 Å². The first kappa shape index (κ1) is 12.4. The highest BCUT2D eigenvalue weighted by Crippen LogP contribution is 2.19. The summed E-state index contributed by atoms with van der Waals surface area (Å²) in [5.74, 6) is 0.0405. The summed E-state index contributed by atoms with van der Waals surface area (Å²) in [5, 5.41) is 3.83. The van der Waals surface area contributed by atoms with Crippen LogP contribution in [0.4, 0.5) is 0 Å². The largest absolute Gasteiger partial charge is 0.337 e. The highest BCUT2D eigenvalue weighted by molar-refractivity contribution is 6.33. The minimum Gasteiger partial charge on any atom is -0.337 e. The third-order valence-electron chi connectivity index (χ3n) is 2.98. The maximum absolute atomic E-state index is 12.3. The Morgan fingerprint density at radius 2 is 2.18 bits per heavy atom. The van der Waals surface area contributed by atoms with Crippen LogP contribution in [0.2, 0.25) is 5.02 Å². The number of halogens is 1. The van der Waals surface area contributed by atoms with Crippen molar-refractivity contribution in [1.82, 2.24) is 10.2 Å². The van der Waals surface area contributed by atoms with Gasteiger partial charge in [-0.3, -0.25) is 4.79 Å². The molecule has 0 atom stereocenters. The predicted octanol–water partition coefficient (Wildman–Crippen LogP) is 2.08. The summed E-state index contributed by atoms with van der Waals surface area (Å²) in [6, 6.07) is 5.58. The second-order valence-electron chi connectivity index (χ2n) is 4.38. The highest BCUT2D eigenvalue weighted by Gasteiger charge is 2.19. The Hall–Kier alpha value is -1.06. The topological polar surface area (TPSA) is 32.3 Å². The van der Waals surface area contributed by atoms with Gasteiger partial charge in [-0.05, 0) is 37.6 Å². The number of nitrogens with one attached hydrogen (secondary N) is 1. The van der Waals surface area contributed by atoms with Crippen LogP contribution >= 0.6 is 11.6 Å². The number of carbonyl (C=O) groups is 1. The summed E-state index contributed by atoms with van der Waals surface area (Å²) < 4.78 is 0. The molecular weight excluding hydrogens is 236 g/mol. The first-order valence-corrected chi connectivity index (χ1v) is 6.32. The molecule has 92 valence electrons. The van der Waals surface area contributed by atoms with E-state index in [-0.39, 0.29) is 5.91 Å². The normalized spacial score (nSPS) is 16.7. The van der Waals surface area contributed by atoms with E-state index in [2.05, 4.69) is 5.32 Å². The molecule has 1 aromatic rings. The average molecular weight is 253 g/mol. The quantitative estimate of drug-likeness (QED) is 0.830. The van der Waals surface area contributed by atoms with Crippen molar-refractivity contribution < 1.29 is 4.79 Å². The Bertz CT molecular complexity index is 412. The fourth-order valence-corrected chi connectivity index (χ4v) is 2.33. The molecule has 1 aromatic carbocycles. The van der Waals surface area contributed by atoms with Gasteiger partial charge in [0, 0.05) is 19.6 Å². The van der Waals surface area contributed by atoms with Crippen LogP contribution in [0.3, 0.4) is 0 Å². The Kier molecular flexibility index (Phi) is 4.02. The molecule has 2 rings (SSSR count). The molecule has 17 heavy (non-hydrogen) atoms. The highest BCUT2D eigenvalue weighted by atomic mass is 35.5. The van der Waals surface area contributed by atoms with Crippen LogP contribution in [-0.4, -0.2) is 37.0 Å². The van der Waals surface area contributed by atoms with Crippen LogP contribution in [0.1, 0.15) is 22.3 Å². The summed E-state index contributed by atoms with van der Waals surface area (Å²) in [7, 11) is 0. The van der Waals surface area contributed by atoms with Gasteiger partial charge in [-0.15, -0.1) is 0 Å². The zero-order valence-corrected chi connectivity index (χ0v) is 10.8. The molecule has 1 N–H and O–H groups in total. The van der Waals surface area contributed by atoms with Crippen molar-refractivity contribution in [2.75, 3.05) is 26.2 Å². The Labute approximate surface area is 107 Å². The summed E-state index contributed by atoms with van der Waals surface area (Å²) in [6.07, 6.45) is 0.995. The van der Waals surface area contributed by atoms with Gasteiger partial charge < -0.3 is 10.2 Å². The predicted molar refractivity (Wildman–Crippen MR) is 69.6 cm³/mol. The van der Waals surface area contributed by atoms with Gasteiger partial charge in [0.05, 0.1) is 10.6 Å². The van der Waals surface area contributed by atoms with E-state index >= 15 is 0 Å². The fourth-order valence-electron chi connectivity index (χ4n) is 2.01. The van der Waals surface area contributed by atoms with E-state index in [1.165, 1.54) is 0 Å². The maximum atomic E-state index is 12.3. The van der Waals surface area contributed by atoms with E-state index < -0.39 is 0 Å². The maximum Gasteiger partial charge on any atom is 0.255 e. The van der Waals surface area contributed by atoms with Crippen LogP contribution < -0.4 is 5.32 Å². The molecule has 1 aliphatic heterocycles. The molecule has 0 aliphatic carbocycles. The van der Waals surface area contributed by atoms with Gasteiger partial charge in [-0.2, -0.15) is 0 Å². The van der Waals surface area contributed by atoms with Crippen molar-refractivity contribution in [2.45, 2.75) is 13.3 Å². The van der Waals surface area contributed by atoms with Gasteiger partial charge in [-0.1, -0.05) is 17.7 Å². The minimum atomic E-state index is 0.0405. The number of rotatable bonds is 1. The van der Waals surface area contributed by atoms with Gasteiger partial charge in [0.15, 0.2) is 0 Å². The Morgan fingerprint density at radius 1 is 1.35 bits per heavy atom. The average Bonchev–Trinajstić information content (AvgIpc) is 2.56. The van der Waals surface area contributed by atoms with Crippen LogP contribution in [0, 0.1) is 6.92 Å². The lowest BCUT2D eigenvalue weighted by Crippen LogP contribution is -2.34.